The number of carbonyl (C=O) groups excluding carboxylic acids is 2. The van der Waals surface area contributed by atoms with E-state index in [1.165, 1.54) is 30.8 Å². The SMILES string of the molecule is CNC(=O)c1csc(C(=O)c2c[nH]c3ccc(F)cc23)n1. The lowest BCUT2D eigenvalue weighted by atomic mass is 10.1. The van der Waals surface area contributed by atoms with E-state index in [1.54, 1.807) is 6.07 Å². The summed E-state index contributed by atoms with van der Waals surface area (Å²) >= 11 is 1.08. The highest BCUT2D eigenvalue weighted by atomic mass is 32.1. The molecule has 0 atom stereocenters. The molecule has 3 aromatic rings. The summed E-state index contributed by atoms with van der Waals surface area (Å²) in [5, 5.41) is 4.65. The molecule has 21 heavy (non-hydrogen) atoms. The normalized spacial score (nSPS) is 10.8. The Kier molecular flexibility index (Phi) is 3.26. The largest absolute Gasteiger partial charge is 0.360 e. The first-order valence-corrected chi connectivity index (χ1v) is 6.97. The van der Waals surface area contributed by atoms with Gasteiger partial charge < -0.3 is 10.3 Å². The van der Waals surface area contributed by atoms with Crippen LogP contribution in [0.15, 0.2) is 29.8 Å². The summed E-state index contributed by atoms with van der Waals surface area (Å²) in [5.41, 5.74) is 1.20. The van der Waals surface area contributed by atoms with Crippen LogP contribution in [0.3, 0.4) is 0 Å². The maximum atomic E-state index is 13.3. The monoisotopic (exact) mass is 303 g/mol. The number of fused-ring (bicyclic) bond motifs is 1. The molecule has 0 bridgehead atoms. The van der Waals surface area contributed by atoms with Gasteiger partial charge in [-0.15, -0.1) is 11.3 Å². The van der Waals surface area contributed by atoms with Crippen molar-refractivity contribution in [2.24, 2.45) is 0 Å². The zero-order chi connectivity index (χ0) is 15.0. The first kappa shape index (κ1) is 13.4. The molecular formula is C14H10FN3O2S. The summed E-state index contributed by atoms with van der Waals surface area (Å²) in [4.78, 5) is 30.8. The van der Waals surface area contributed by atoms with Crippen molar-refractivity contribution in [2.45, 2.75) is 0 Å². The second-order valence-corrected chi connectivity index (χ2v) is 5.20. The Morgan fingerprint density at radius 2 is 2.19 bits per heavy atom. The Hall–Kier alpha value is -2.54. The minimum Gasteiger partial charge on any atom is -0.360 e. The van der Waals surface area contributed by atoms with Crippen molar-refractivity contribution in [3.63, 3.8) is 0 Å². The number of H-pyrrole nitrogens is 1. The smallest absolute Gasteiger partial charge is 0.270 e. The molecule has 3 rings (SSSR count). The van der Waals surface area contributed by atoms with Gasteiger partial charge in [0.1, 0.15) is 11.5 Å². The number of rotatable bonds is 3. The number of carbonyl (C=O) groups is 2. The van der Waals surface area contributed by atoms with E-state index in [9.17, 15) is 14.0 Å². The Bertz CT molecular complexity index is 853. The predicted molar refractivity (Wildman–Crippen MR) is 77.2 cm³/mol. The second-order valence-electron chi connectivity index (χ2n) is 4.34. The van der Waals surface area contributed by atoms with Crippen LogP contribution in [0.5, 0.6) is 0 Å². The molecule has 5 nitrogen and oxygen atoms in total. The maximum Gasteiger partial charge on any atom is 0.270 e. The van der Waals surface area contributed by atoms with Gasteiger partial charge in [-0.1, -0.05) is 0 Å². The first-order valence-electron chi connectivity index (χ1n) is 6.09. The highest BCUT2D eigenvalue weighted by Gasteiger charge is 2.19. The molecular weight excluding hydrogens is 293 g/mol. The molecule has 0 unspecified atom stereocenters. The highest BCUT2D eigenvalue weighted by molar-refractivity contribution is 7.12. The van der Waals surface area contributed by atoms with Gasteiger partial charge in [-0.3, -0.25) is 9.59 Å². The van der Waals surface area contributed by atoms with Crippen molar-refractivity contribution >= 4 is 33.9 Å². The van der Waals surface area contributed by atoms with Crippen LogP contribution in [-0.2, 0) is 0 Å². The number of thiazole rings is 1. The molecule has 0 spiro atoms. The van der Waals surface area contributed by atoms with Crippen molar-refractivity contribution in [1.29, 1.82) is 0 Å². The van der Waals surface area contributed by atoms with E-state index < -0.39 is 5.82 Å². The van der Waals surface area contributed by atoms with Gasteiger partial charge in [0, 0.05) is 29.5 Å². The molecule has 2 aromatic heterocycles. The van der Waals surface area contributed by atoms with Crippen molar-refractivity contribution in [3.05, 3.63) is 51.9 Å². The van der Waals surface area contributed by atoms with E-state index in [4.69, 9.17) is 0 Å². The molecule has 1 amide bonds. The van der Waals surface area contributed by atoms with Crippen LogP contribution < -0.4 is 5.32 Å². The Morgan fingerprint density at radius 3 is 2.95 bits per heavy atom. The van der Waals surface area contributed by atoms with E-state index in [2.05, 4.69) is 15.3 Å². The lowest BCUT2D eigenvalue weighted by Crippen LogP contribution is -2.18. The fraction of sp³-hybridized carbons (Fsp3) is 0.0714. The predicted octanol–water partition coefficient (Wildman–Crippen LogP) is 2.35. The van der Waals surface area contributed by atoms with Crippen LogP contribution in [0.2, 0.25) is 0 Å². The van der Waals surface area contributed by atoms with Crippen molar-refractivity contribution in [1.82, 2.24) is 15.3 Å². The molecule has 2 N–H and O–H groups in total. The summed E-state index contributed by atoms with van der Waals surface area (Å²) in [7, 11) is 1.49. The van der Waals surface area contributed by atoms with E-state index in [0.717, 1.165) is 11.3 Å². The molecule has 2 heterocycles. The lowest BCUT2D eigenvalue weighted by Gasteiger charge is -1.96. The first-order chi connectivity index (χ1) is 10.1. The highest BCUT2D eigenvalue weighted by Crippen LogP contribution is 2.23. The Labute approximate surface area is 122 Å². The third kappa shape index (κ3) is 2.31. The summed E-state index contributed by atoms with van der Waals surface area (Å²) in [6.45, 7) is 0. The number of halogens is 1. The standard InChI is InChI=1S/C14H10FN3O2S/c1-16-13(20)11-6-21-14(18-11)12(19)9-5-17-10-3-2-7(15)4-8(9)10/h2-6,17H,1H3,(H,16,20). The van der Waals surface area contributed by atoms with E-state index >= 15 is 0 Å². The summed E-state index contributed by atoms with van der Waals surface area (Å²) < 4.78 is 13.3. The van der Waals surface area contributed by atoms with E-state index in [-0.39, 0.29) is 22.4 Å². The third-order valence-corrected chi connectivity index (χ3v) is 3.89. The number of aromatic amines is 1. The van der Waals surface area contributed by atoms with Gasteiger partial charge in [0.15, 0.2) is 5.01 Å². The van der Waals surface area contributed by atoms with Gasteiger partial charge in [0.05, 0.1) is 5.56 Å². The number of nitrogens with one attached hydrogen (secondary N) is 2. The number of aromatic nitrogens is 2. The summed E-state index contributed by atoms with van der Waals surface area (Å²) in [5.74, 6) is -1.11. The summed E-state index contributed by atoms with van der Waals surface area (Å²) in [6.07, 6.45) is 1.52. The molecule has 106 valence electrons. The number of benzene rings is 1. The number of amides is 1. The molecule has 0 fully saturated rings. The number of hydrogen-bond donors (Lipinski definition) is 2. The van der Waals surface area contributed by atoms with Gasteiger partial charge in [0.25, 0.3) is 5.91 Å². The lowest BCUT2D eigenvalue weighted by molar-refractivity contribution is 0.0959. The Morgan fingerprint density at radius 1 is 1.38 bits per heavy atom. The van der Waals surface area contributed by atoms with Crippen molar-refractivity contribution < 1.29 is 14.0 Å². The van der Waals surface area contributed by atoms with Gasteiger partial charge in [-0.05, 0) is 18.2 Å². The van der Waals surface area contributed by atoms with Crippen LogP contribution in [0.1, 0.15) is 25.9 Å². The van der Waals surface area contributed by atoms with Crippen LogP contribution in [-0.4, -0.2) is 28.7 Å². The molecule has 7 heteroatoms. The van der Waals surface area contributed by atoms with E-state index in [1.807, 2.05) is 0 Å². The van der Waals surface area contributed by atoms with Crippen LogP contribution in [0.4, 0.5) is 4.39 Å². The Balaban J connectivity index is 2.02. The molecule has 0 saturated heterocycles. The maximum absolute atomic E-state index is 13.3. The minimum atomic E-state index is -0.415. The van der Waals surface area contributed by atoms with Crippen LogP contribution in [0, 0.1) is 5.82 Å². The van der Waals surface area contributed by atoms with Gasteiger partial charge in [-0.2, -0.15) is 0 Å². The van der Waals surface area contributed by atoms with Gasteiger partial charge >= 0.3 is 0 Å². The number of ketones is 1. The zero-order valence-corrected chi connectivity index (χ0v) is 11.8. The van der Waals surface area contributed by atoms with Crippen molar-refractivity contribution in [2.75, 3.05) is 7.05 Å². The fourth-order valence-corrected chi connectivity index (χ4v) is 2.76. The molecule has 0 aliphatic heterocycles. The molecule has 1 aromatic carbocycles. The summed E-state index contributed by atoms with van der Waals surface area (Å²) in [6, 6.07) is 4.19. The van der Waals surface area contributed by atoms with Gasteiger partial charge in [-0.25, -0.2) is 9.37 Å². The number of hydrogen-bond acceptors (Lipinski definition) is 4. The average Bonchev–Trinajstić information content (AvgIpc) is 3.12. The molecule has 0 saturated carbocycles. The molecule has 0 radical (unpaired) electrons. The quantitative estimate of drug-likeness (QED) is 0.729. The molecule has 0 aliphatic carbocycles. The van der Waals surface area contributed by atoms with Crippen LogP contribution >= 0.6 is 11.3 Å². The van der Waals surface area contributed by atoms with Gasteiger partial charge in [0.2, 0.25) is 5.78 Å². The topological polar surface area (TPSA) is 74.8 Å². The van der Waals surface area contributed by atoms with Crippen molar-refractivity contribution in [3.8, 4) is 0 Å². The fourth-order valence-electron chi connectivity index (χ4n) is 2.01. The molecule has 0 aliphatic rings. The zero-order valence-electron chi connectivity index (χ0n) is 10.9. The third-order valence-electron chi connectivity index (χ3n) is 3.05. The minimum absolute atomic E-state index is 0.192. The average molecular weight is 303 g/mol. The second kappa shape index (κ2) is 5.10. The van der Waals surface area contributed by atoms with Crippen LogP contribution in [0.25, 0.3) is 10.9 Å². The number of nitrogens with zero attached hydrogens (tertiary/aromatic N) is 1. The van der Waals surface area contributed by atoms with E-state index in [0.29, 0.717) is 16.5 Å².